The van der Waals surface area contributed by atoms with Gasteiger partial charge in [-0.15, -0.1) is 0 Å². The minimum Gasteiger partial charge on any atom is -0.354 e. The van der Waals surface area contributed by atoms with Crippen LogP contribution in [0.15, 0.2) is 18.3 Å². The maximum atomic E-state index is 12.6. The summed E-state index contributed by atoms with van der Waals surface area (Å²) in [5, 5.41) is 3.18. The molecule has 1 saturated heterocycles. The summed E-state index contributed by atoms with van der Waals surface area (Å²) in [7, 11) is 2.13. The standard InChI is InChI=1S/C17H27N5O/c1-21-8-10-22(11-9-21)15-12-14(4-7-19-15)16(23)20-17(13-18)5-2-3-6-17/h4,7,12H,2-3,5-6,8-11,13,18H2,1H3,(H,20,23). The third-order valence-electron chi connectivity index (χ3n) is 5.17. The predicted octanol–water partition coefficient (Wildman–Crippen LogP) is 0.835. The van der Waals surface area contributed by atoms with E-state index in [9.17, 15) is 4.79 Å². The highest BCUT2D eigenvalue weighted by Gasteiger charge is 2.34. The number of aromatic nitrogens is 1. The molecule has 23 heavy (non-hydrogen) atoms. The molecule has 0 spiro atoms. The van der Waals surface area contributed by atoms with Crippen LogP contribution in [0.5, 0.6) is 0 Å². The van der Waals surface area contributed by atoms with Crippen LogP contribution < -0.4 is 16.0 Å². The molecule has 3 N–H and O–H groups in total. The van der Waals surface area contributed by atoms with Crippen LogP contribution in [0.2, 0.25) is 0 Å². The normalized spacial score (nSPS) is 21.4. The summed E-state index contributed by atoms with van der Waals surface area (Å²) in [6, 6.07) is 3.69. The highest BCUT2D eigenvalue weighted by atomic mass is 16.1. The van der Waals surface area contributed by atoms with E-state index in [0.717, 1.165) is 57.7 Å². The summed E-state index contributed by atoms with van der Waals surface area (Å²) < 4.78 is 0. The summed E-state index contributed by atoms with van der Waals surface area (Å²) in [5.74, 6) is 0.856. The fourth-order valence-electron chi connectivity index (χ4n) is 3.51. The third-order valence-corrected chi connectivity index (χ3v) is 5.17. The molecule has 1 saturated carbocycles. The monoisotopic (exact) mass is 317 g/mol. The molecule has 2 fully saturated rings. The molecule has 3 rings (SSSR count). The lowest BCUT2D eigenvalue weighted by atomic mass is 9.97. The van der Waals surface area contributed by atoms with Crippen molar-refractivity contribution >= 4 is 11.7 Å². The average Bonchev–Trinajstić information content (AvgIpc) is 3.05. The van der Waals surface area contributed by atoms with Crippen LogP contribution >= 0.6 is 0 Å². The topological polar surface area (TPSA) is 74.5 Å². The lowest BCUT2D eigenvalue weighted by Crippen LogP contribution is -2.51. The Kier molecular flexibility index (Phi) is 4.82. The van der Waals surface area contributed by atoms with Gasteiger partial charge in [0.05, 0.1) is 5.54 Å². The molecule has 0 aromatic carbocycles. The van der Waals surface area contributed by atoms with Gasteiger partial charge in [-0.25, -0.2) is 4.98 Å². The number of anilines is 1. The van der Waals surface area contributed by atoms with E-state index < -0.39 is 0 Å². The number of hydrogen-bond donors (Lipinski definition) is 2. The van der Waals surface area contributed by atoms with Gasteiger partial charge in [0.25, 0.3) is 5.91 Å². The van der Waals surface area contributed by atoms with Crippen molar-refractivity contribution in [2.45, 2.75) is 31.2 Å². The van der Waals surface area contributed by atoms with E-state index in [1.54, 1.807) is 12.3 Å². The second-order valence-corrected chi connectivity index (χ2v) is 6.84. The van der Waals surface area contributed by atoms with Crippen LogP contribution in [0.3, 0.4) is 0 Å². The highest BCUT2D eigenvalue weighted by Crippen LogP contribution is 2.29. The number of amides is 1. The van der Waals surface area contributed by atoms with Crippen LogP contribution in [0.25, 0.3) is 0 Å². The summed E-state index contributed by atoms with van der Waals surface area (Å²) >= 11 is 0. The van der Waals surface area contributed by atoms with Crippen LogP contribution in [-0.2, 0) is 0 Å². The molecule has 6 heteroatoms. The van der Waals surface area contributed by atoms with Crippen molar-refractivity contribution in [2.75, 3.05) is 44.7 Å². The van der Waals surface area contributed by atoms with Gasteiger partial charge in [0.2, 0.25) is 0 Å². The van der Waals surface area contributed by atoms with Gasteiger partial charge in [-0.1, -0.05) is 12.8 Å². The van der Waals surface area contributed by atoms with Gasteiger partial charge in [0.15, 0.2) is 0 Å². The van der Waals surface area contributed by atoms with Crippen LogP contribution in [-0.4, -0.2) is 61.1 Å². The van der Waals surface area contributed by atoms with Gasteiger partial charge in [-0.05, 0) is 32.0 Å². The van der Waals surface area contributed by atoms with Crippen molar-refractivity contribution in [1.29, 1.82) is 0 Å². The first-order valence-corrected chi connectivity index (χ1v) is 8.54. The Morgan fingerprint density at radius 2 is 2.00 bits per heavy atom. The number of carbonyl (C=O) groups is 1. The van der Waals surface area contributed by atoms with E-state index in [4.69, 9.17) is 5.73 Å². The molecule has 0 bridgehead atoms. The molecule has 0 radical (unpaired) electrons. The van der Waals surface area contributed by atoms with Crippen LogP contribution in [0.4, 0.5) is 5.82 Å². The highest BCUT2D eigenvalue weighted by molar-refractivity contribution is 5.95. The number of nitrogens with two attached hydrogens (primary N) is 1. The number of hydrogen-bond acceptors (Lipinski definition) is 5. The zero-order valence-corrected chi connectivity index (χ0v) is 13.9. The summed E-state index contributed by atoms with van der Waals surface area (Å²) in [4.78, 5) is 21.6. The zero-order valence-electron chi connectivity index (χ0n) is 13.9. The Labute approximate surface area is 138 Å². The second-order valence-electron chi connectivity index (χ2n) is 6.84. The minimum atomic E-state index is -0.214. The molecular weight excluding hydrogens is 290 g/mol. The molecule has 6 nitrogen and oxygen atoms in total. The summed E-state index contributed by atoms with van der Waals surface area (Å²) in [5.41, 5.74) is 6.38. The molecule has 126 valence electrons. The first kappa shape index (κ1) is 16.2. The van der Waals surface area contributed by atoms with E-state index in [2.05, 4.69) is 27.1 Å². The smallest absolute Gasteiger partial charge is 0.251 e. The predicted molar refractivity (Wildman–Crippen MR) is 91.7 cm³/mol. The maximum Gasteiger partial charge on any atom is 0.251 e. The van der Waals surface area contributed by atoms with Crippen molar-refractivity contribution in [1.82, 2.24) is 15.2 Å². The molecule has 2 aliphatic rings. The number of rotatable bonds is 4. The lowest BCUT2D eigenvalue weighted by molar-refractivity contribution is 0.0903. The fourth-order valence-corrected chi connectivity index (χ4v) is 3.51. The SMILES string of the molecule is CN1CCN(c2cc(C(=O)NC3(CN)CCCC3)ccn2)CC1. The number of carbonyl (C=O) groups excluding carboxylic acids is 1. The number of nitrogens with zero attached hydrogens (tertiary/aromatic N) is 3. The molecule has 1 aromatic rings. The summed E-state index contributed by atoms with van der Waals surface area (Å²) in [6.07, 6.45) is 5.96. The summed E-state index contributed by atoms with van der Waals surface area (Å²) in [6.45, 7) is 4.44. The molecule has 0 unspecified atom stereocenters. The Morgan fingerprint density at radius 1 is 1.30 bits per heavy atom. The average molecular weight is 317 g/mol. The first-order valence-electron chi connectivity index (χ1n) is 8.54. The molecule has 1 aliphatic heterocycles. The van der Waals surface area contributed by atoms with E-state index >= 15 is 0 Å². The lowest BCUT2D eigenvalue weighted by Gasteiger charge is -2.33. The van der Waals surface area contributed by atoms with Crippen molar-refractivity contribution in [2.24, 2.45) is 5.73 Å². The molecule has 1 amide bonds. The molecule has 1 aromatic heterocycles. The van der Waals surface area contributed by atoms with E-state index in [-0.39, 0.29) is 11.4 Å². The Balaban J connectivity index is 1.70. The Bertz CT molecular complexity index is 548. The number of likely N-dealkylation sites (N-methyl/N-ethyl adjacent to an activating group) is 1. The van der Waals surface area contributed by atoms with Gasteiger partial charge >= 0.3 is 0 Å². The van der Waals surface area contributed by atoms with Crippen molar-refractivity contribution in [3.63, 3.8) is 0 Å². The van der Waals surface area contributed by atoms with Gasteiger partial charge in [0.1, 0.15) is 5.82 Å². The van der Waals surface area contributed by atoms with Gasteiger partial charge < -0.3 is 20.9 Å². The molecular formula is C17H27N5O. The molecule has 0 atom stereocenters. The minimum absolute atomic E-state index is 0.0323. The zero-order chi connectivity index (χ0) is 16.3. The van der Waals surface area contributed by atoms with Crippen molar-refractivity contribution in [3.05, 3.63) is 23.9 Å². The van der Waals surface area contributed by atoms with Crippen LogP contribution in [0, 0.1) is 0 Å². The largest absolute Gasteiger partial charge is 0.354 e. The van der Waals surface area contributed by atoms with Crippen LogP contribution in [0.1, 0.15) is 36.0 Å². The van der Waals surface area contributed by atoms with Gasteiger partial charge in [-0.3, -0.25) is 4.79 Å². The quantitative estimate of drug-likeness (QED) is 0.860. The van der Waals surface area contributed by atoms with E-state index in [1.807, 2.05) is 6.07 Å². The van der Waals surface area contributed by atoms with Gasteiger partial charge in [-0.2, -0.15) is 0 Å². The van der Waals surface area contributed by atoms with E-state index in [0.29, 0.717) is 12.1 Å². The molecule has 2 heterocycles. The molecule has 1 aliphatic carbocycles. The van der Waals surface area contributed by atoms with Gasteiger partial charge in [0, 0.05) is 44.5 Å². The Morgan fingerprint density at radius 3 is 2.65 bits per heavy atom. The first-order chi connectivity index (χ1) is 11.1. The van der Waals surface area contributed by atoms with Crippen molar-refractivity contribution < 1.29 is 4.79 Å². The van der Waals surface area contributed by atoms with E-state index in [1.165, 1.54) is 0 Å². The number of nitrogens with one attached hydrogen (secondary N) is 1. The maximum absolute atomic E-state index is 12.6. The fraction of sp³-hybridized carbons (Fsp3) is 0.647. The number of pyridine rings is 1. The van der Waals surface area contributed by atoms with Crippen molar-refractivity contribution in [3.8, 4) is 0 Å². The third kappa shape index (κ3) is 3.64. The number of piperazine rings is 1. The Hall–Kier alpha value is -1.66. The second kappa shape index (κ2) is 6.84.